The first kappa shape index (κ1) is 16.0. The zero-order chi connectivity index (χ0) is 13.2. The lowest BCUT2D eigenvalue weighted by Crippen LogP contribution is -2.34. The number of nitrogens with two attached hydrogens (primary N) is 1. The van der Waals surface area contributed by atoms with Gasteiger partial charge in [-0.3, -0.25) is 4.79 Å². The van der Waals surface area contributed by atoms with Crippen LogP contribution in [0.1, 0.15) is 36.2 Å². The van der Waals surface area contributed by atoms with Gasteiger partial charge < -0.3 is 10.6 Å². The van der Waals surface area contributed by atoms with Crippen molar-refractivity contribution in [3.05, 3.63) is 35.4 Å². The highest BCUT2D eigenvalue weighted by Crippen LogP contribution is 2.29. The van der Waals surface area contributed by atoms with E-state index < -0.39 is 0 Å². The van der Waals surface area contributed by atoms with Crippen molar-refractivity contribution in [3.63, 3.8) is 0 Å². The summed E-state index contributed by atoms with van der Waals surface area (Å²) < 4.78 is 0. The van der Waals surface area contributed by atoms with Crippen molar-refractivity contribution in [1.82, 2.24) is 4.90 Å². The highest BCUT2D eigenvalue weighted by atomic mass is 35.5. The van der Waals surface area contributed by atoms with Gasteiger partial charge in [0.15, 0.2) is 0 Å². The number of rotatable bonds is 3. The summed E-state index contributed by atoms with van der Waals surface area (Å²) in [6.07, 6.45) is 1.90. The largest absolute Gasteiger partial charge is 0.338 e. The number of aryl methyl sites for hydroxylation is 1. The molecule has 1 saturated heterocycles. The molecule has 1 aromatic rings. The van der Waals surface area contributed by atoms with Gasteiger partial charge in [-0.05, 0) is 36.4 Å². The summed E-state index contributed by atoms with van der Waals surface area (Å²) in [5.41, 5.74) is 7.86. The first-order valence-electron chi connectivity index (χ1n) is 6.67. The minimum atomic E-state index is 0. The average Bonchev–Trinajstić information content (AvgIpc) is 2.81. The van der Waals surface area contributed by atoms with Gasteiger partial charge in [0.25, 0.3) is 5.91 Å². The van der Waals surface area contributed by atoms with Gasteiger partial charge in [0.05, 0.1) is 0 Å². The molecule has 1 aromatic carbocycles. The summed E-state index contributed by atoms with van der Waals surface area (Å²) in [5, 5.41) is 0. The van der Waals surface area contributed by atoms with E-state index in [1.54, 1.807) is 0 Å². The first-order valence-corrected chi connectivity index (χ1v) is 6.67. The van der Waals surface area contributed by atoms with Gasteiger partial charge in [0.2, 0.25) is 0 Å². The summed E-state index contributed by atoms with van der Waals surface area (Å²) >= 11 is 0. The Hall–Kier alpha value is -1.06. The Kier molecular flexibility index (Phi) is 5.39. The SMILES string of the molecule is CCc1ccccc1C(=O)N1CCC(C)(CN)C1.Cl. The molecule has 2 rings (SSSR count). The second-order valence-electron chi connectivity index (χ2n) is 5.50. The maximum atomic E-state index is 12.5. The number of carbonyl (C=O) groups excluding carboxylic acids is 1. The topological polar surface area (TPSA) is 46.3 Å². The molecule has 1 heterocycles. The van der Waals surface area contributed by atoms with Crippen molar-refractivity contribution < 1.29 is 4.79 Å². The average molecular weight is 283 g/mol. The van der Waals surface area contributed by atoms with E-state index in [1.807, 2.05) is 29.2 Å². The lowest BCUT2D eigenvalue weighted by molar-refractivity contribution is 0.0776. The van der Waals surface area contributed by atoms with E-state index in [1.165, 1.54) is 0 Å². The molecule has 0 radical (unpaired) electrons. The van der Waals surface area contributed by atoms with Crippen molar-refractivity contribution in [2.24, 2.45) is 11.1 Å². The van der Waals surface area contributed by atoms with Gasteiger partial charge in [-0.2, -0.15) is 0 Å². The lowest BCUT2D eigenvalue weighted by atomic mass is 9.90. The molecule has 1 aliphatic rings. The fourth-order valence-electron chi connectivity index (χ4n) is 2.57. The number of amides is 1. The molecule has 1 atom stereocenters. The summed E-state index contributed by atoms with van der Waals surface area (Å²) in [4.78, 5) is 14.5. The van der Waals surface area contributed by atoms with Crippen molar-refractivity contribution in [2.75, 3.05) is 19.6 Å². The number of carbonyl (C=O) groups is 1. The minimum Gasteiger partial charge on any atom is -0.338 e. The number of halogens is 1. The summed E-state index contributed by atoms with van der Waals surface area (Å²) in [6, 6.07) is 7.89. The van der Waals surface area contributed by atoms with Gasteiger partial charge in [0, 0.05) is 18.7 Å². The smallest absolute Gasteiger partial charge is 0.254 e. The second kappa shape index (κ2) is 6.40. The maximum absolute atomic E-state index is 12.5. The molecule has 0 spiro atoms. The van der Waals surface area contributed by atoms with Crippen molar-refractivity contribution in [2.45, 2.75) is 26.7 Å². The van der Waals surface area contributed by atoms with Gasteiger partial charge in [-0.25, -0.2) is 0 Å². The van der Waals surface area contributed by atoms with Crippen LogP contribution in [0.2, 0.25) is 0 Å². The quantitative estimate of drug-likeness (QED) is 0.926. The maximum Gasteiger partial charge on any atom is 0.254 e. The van der Waals surface area contributed by atoms with E-state index >= 15 is 0 Å². The zero-order valence-corrected chi connectivity index (χ0v) is 12.5. The molecular formula is C15H23ClN2O. The Morgan fingerprint density at radius 1 is 1.42 bits per heavy atom. The Balaban J connectivity index is 0.00000180. The number of benzene rings is 1. The third-order valence-corrected chi connectivity index (χ3v) is 3.97. The van der Waals surface area contributed by atoms with E-state index in [9.17, 15) is 4.79 Å². The van der Waals surface area contributed by atoms with Crippen LogP contribution in [0, 0.1) is 5.41 Å². The normalized spacial score (nSPS) is 22.2. The van der Waals surface area contributed by atoms with E-state index in [2.05, 4.69) is 13.8 Å². The van der Waals surface area contributed by atoms with Gasteiger partial charge in [-0.15, -0.1) is 12.4 Å². The van der Waals surface area contributed by atoms with Crippen molar-refractivity contribution >= 4 is 18.3 Å². The van der Waals surface area contributed by atoms with Gasteiger partial charge in [0.1, 0.15) is 0 Å². The molecule has 3 nitrogen and oxygen atoms in total. The summed E-state index contributed by atoms with van der Waals surface area (Å²) in [5.74, 6) is 0.157. The van der Waals surface area contributed by atoms with E-state index in [-0.39, 0.29) is 23.7 Å². The van der Waals surface area contributed by atoms with Crippen LogP contribution < -0.4 is 5.73 Å². The Bertz CT molecular complexity index is 450. The number of nitrogens with zero attached hydrogens (tertiary/aromatic N) is 1. The van der Waals surface area contributed by atoms with Crippen LogP contribution in [0.15, 0.2) is 24.3 Å². The first-order chi connectivity index (χ1) is 8.59. The Morgan fingerprint density at radius 3 is 2.68 bits per heavy atom. The number of hydrogen-bond acceptors (Lipinski definition) is 2. The van der Waals surface area contributed by atoms with Crippen LogP contribution in [-0.4, -0.2) is 30.4 Å². The molecule has 106 valence electrons. The molecular weight excluding hydrogens is 260 g/mol. The summed E-state index contributed by atoms with van der Waals surface area (Å²) in [7, 11) is 0. The molecule has 2 N–H and O–H groups in total. The van der Waals surface area contributed by atoms with E-state index in [0.29, 0.717) is 6.54 Å². The number of likely N-dealkylation sites (tertiary alicyclic amines) is 1. The molecule has 1 amide bonds. The Labute approximate surface area is 121 Å². The van der Waals surface area contributed by atoms with Crippen LogP contribution >= 0.6 is 12.4 Å². The highest BCUT2D eigenvalue weighted by Gasteiger charge is 2.35. The minimum absolute atomic E-state index is 0. The van der Waals surface area contributed by atoms with E-state index in [0.717, 1.165) is 37.1 Å². The molecule has 19 heavy (non-hydrogen) atoms. The second-order valence-corrected chi connectivity index (χ2v) is 5.50. The standard InChI is InChI=1S/C15H22N2O.ClH/c1-3-12-6-4-5-7-13(12)14(18)17-9-8-15(2,10-16)11-17;/h4-7H,3,8-11,16H2,1-2H3;1H. The Morgan fingerprint density at radius 2 is 2.11 bits per heavy atom. The van der Waals surface area contributed by atoms with E-state index in [4.69, 9.17) is 5.73 Å². The van der Waals surface area contributed by atoms with Crippen LogP contribution in [0.25, 0.3) is 0 Å². The molecule has 0 aromatic heterocycles. The molecule has 0 saturated carbocycles. The van der Waals surface area contributed by atoms with Gasteiger partial charge >= 0.3 is 0 Å². The van der Waals surface area contributed by atoms with Crippen molar-refractivity contribution in [3.8, 4) is 0 Å². The fraction of sp³-hybridized carbons (Fsp3) is 0.533. The van der Waals surface area contributed by atoms with Crippen LogP contribution in [-0.2, 0) is 6.42 Å². The zero-order valence-electron chi connectivity index (χ0n) is 11.7. The molecule has 1 aliphatic heterocycles. The van der Waals surface area contributed by atoms with Gasteiger partial charge in [-0.1, -0.05) is 32.0 Å². The molecule has 0 aliphatic carbocycles. The molecule has 1 fully saturated rings. The summed E-state index contributed by atoms with van der Waals surface area (Å²) in [6.45, 7) is 6.49. The van der Waals surface area contributed by atoms with Crippen LogP contribution in [0.4, 0.5) is 0 Å². The third-order valence-electron chi connectivity index (χ3n) is 3.97. The monoisotopic (exact) mass is 282 g/mol. The third kappa shape index (κ3) is 3.28. The molecule has 4 heteroatoms. The molecule has 0 bridgehead atoms. The molecule has 1 unspecified atom stereocenters. The fourth-order valence-corrected chi connectivity index (χ4v) is 2.57. The van der Waals surface area contributed by atoms with Crippen molar-refractivity contribution in [1.29, 1.82) is 0 Å². The predicted molar refractivity (Wildman–Crippen MR) is 80.7 cm³/mol. The predicted octanol–water partition coefficient (Wildman–Crippen LogP) is 2.48. The lowest BCUT2D eigenvalue weighted by Gasteiger charge is -2.23. The number of hydrogen-bond donors (Lipinski definition) is 1. The van der Waals surface area contributed by atoms with Crippen LogP contribution in [0.5, 0.6) is 0 Å². The van der Waals surface area contributed by atoms with Crippen LogP contribution in [0.3, 0.4) is 0 Å². The highest BCUT2D eigenvalue weighted by molar-refractivity contribution is 5.95.